The molecule has 1 heterocycles. The Balaban J connectivity index is 0.00000133. The molecule has 112 valence electrons. The molecule has 1 saturated heterocycles. The Labute approximate surface area is 123 Å². The predicted octanol–water partition coefficient (Wildman–Crippen LogP) is 2.34. The SMILES string of the molecule is CCCC1CC1NC1CCCC1C1COCCN1.Cl. The van der Waals surface area contributed by atoms with Gasteiger partial charge in [0.1, 0.15) is 0 Å². The van der Waals surface area contributed by atoms with Crippen molar-refractivity contribution in [3.8, 4) is 0 Å². The zero-order chi connectivity index (χ0) is 12.4. The van der Waals surface area contributed by atoms with E-state index in [9.17, 15) is 0 Å². The van der Waals surface area contributed by atoms with E-state index in [1.54, 1.807) is 0 Å². The average Bonchev–Trinajstić information content (AvgIpc) is 2.96. The topological polar surface area (TPSA) is 33.3 Å². The van der Waals surface area contributed by atoms with Crippen molar-refractivity contribution in [1.82, 2.24) is 10.6 Å². The summed E-state index contributed by atoms with van der Waals surface area (Å²) in [5.41, 5.74) is 0. The van der Waals surface area contributed by atoms with Crippen LogP contribution in [0.1, 0.15) is 45.4 Å². The van der Waals surface area contributed by atoms with Crippen molar-refractivity contribution in [2.24, 2.45) is 11.8 Å². The molecule has 4 heteroatoms. The van der Waals surface area contributed by atoms with Gasteiger partial charge in [-0.1, -0.05) is 19.8 Å². The molecule has 2 aliphatic carbocycles. The monoisotopic (exact) mass is 288 g/mol. The summed E-state index contributed by atoms with van der Waals surface area (Å²) < 4.78 is 5.63. The molecule has 5 atom stereocenters. The van der Waals surface area contributed by atoms with Crippen molar-refractivity contribution in [3.63, 3.8) is 0 Å². The van der Waals surface area contributed by atoms with Crippen LogP contribution in [0.4, 0.5) is 0 Å². The fourth-order valence-electron chi connectivity index (χ4n) is 3.95. The van der Waals surface area contributed by atoms with Crippen LogP contribution in [0.5, 0.6) is 0 Å². The van der Waals surface area contributed by atoms with Crippen LogP contribution in [0.3, 0.4) is 0 Å². The first-order valence-corrected chi connectivity index (χ1v) is 7.95. The largest absolute Gasteiger partial charge is 0.379 e. The summed E-state index contributed by atoms with van der Waals surface area (Å²) in [6.45, 7) is 5.15. The van der Waals surface area contributed by atoms with E-state index in [0.29, 0.717) is 6.04 Å². The van der Waals surface area contributed by atoms with Gasteiger partial charge in [0.05, 0.1) is 13.2 Å². The maximum atomic E-state index is 5.63. The van der Waals surface area contributed by atoms with Gasteiger partial charge >= 0.3 is 0 Å². The van der Waals surface area contributed by atoms with Crippen LogP contribution in [-0.4, -0.2) is 37.9 Å². The number of hydrogen-bond donors (Lipinski definition) is 2. The lowest BCUT2D eigenvalue weighted by atomic mass is 9.94. The molecule has 5 unspecified atom stereocenters. The Morgan fingerprint density at radius 1 is 1.26 bits per heavy atom. The predicted molar refractivity (Wildman–Crippen MR) is 80.9 cm³/mol. The molecule has 0 spiro atoms. The maximum Gasteiger partial charge on any atom is 0.0623 e. The van der Waals surface area contributed by atoms with Gasteiger partial charge in [-0.05, 0) is 37.5 Å². The summed E-state index contributed by atoms with van der Waals surface area (Å²) in [6, 6.07) is 2.18. The lowest BCUT2D eigenvalue weighted by Crippen LogP contribution is -2.51. The summed E-state index contributed by atoms with van der Waals surface area (Å²) in [6.07, 6.45) is 8.33. The van der Waals surface area contributed by atoms with Crippen LogP contribution < -0.4 is 10.6 Å². The van der Waals surface area contributed by atoms with Crippen LogP contribution in [0.15, 0.2) is 0 Å². The number of rotatable bonds is 5. The molecule has 3 nitrogen and oxygen atoms in total. The molecule has 2 saturated carbocycles. The van der Waals surface area contributed by atoms with E-state index in [4.69, 9.17) is 4.74 Å². The van der Waals surface area contributed by atoms with Crippen molar-refractivity contribution in [3.05, 3.63) is 0 Å². The summed E-state index contributed by atoms with van der Waals surface area (Å²) in [5.74, 6) is 1.78. The number of halogens is 1. The van der Waals surface area contributed by atoms with E-state index < -0.39 is 0 Å². The smallest absolute Gasteiger partial charge is 0.0623 e. The molecule has 0 radical (unpaired) electrons. The molecular weight excluding hydrogens is 260 g/mol. The summed E-state index contributed by atoms with van der Waals surface area (Å²) in [7, 11) is 0. The van der Waals surface area contributed by atoms with Crippen LogP contribution in [0.2, 0.25) is 0 Å². The lowest BCUT2D eigenvalue weighted by molar-refractivity contribution is 0.0523. The molecule has 0 bridgehead atoms. The molecule has 2 N–H and O–H groups in total. The van der Waals surface area contributed by atoms with Crippen LogP contribution in [-0.2, 0) is 4.74 Å². The standard InChI is InChI=1S/C15H28N2O.ClH/c1-2-4-11-9-14(11)17-13-6-3-5-12(13)15-10-18-8-7-16-15;/h11-17H,2-10H2,1H3;1H. The quantitative estimate of drug-likeness (QED) is 0.815. The number of morpholine rings is 1. The van der Waals surface area contributed by atoms with Crippen molar-refractivity contribution < 1.29 is 4.74 Å². The Kier molecular flexibility index (Phi) is 5.94. The van der Waals surface area contributed by atoms with E-state index in [1.807, 2.05) is 0 Å². The molecular formula is C15H29ClN2O. The third-order valence-corrected chi connectivity index (χ3v) is 5.05. The Morgan fingerprint density at radius 2 is 2.16 bits per heavy atom. The molecule has 3 aliphatic rings. The summed E-state index contributed by atoms with van der Waals surface area (Å²) in [5, 5.41) is 7.60. The number of hydrogen-bond acceptors (Lipinski definition) is 3. The first-order valence-electron chi connectivity index (χ1n) is 7.95. The average molecular weight is 289 g/mol. The van der Waals surface area contributed by atoms with Gasteiger partial charge < -0.3 is 15.4 Å². The minimum Gasteiger partial charge on any atom is -0.379 e. The van der Waals surface area contributed by atoms with Gasteiger partial charge in [0, 0.05) is 24.7 Å². The highest BCUT2D eigenvalue weighted by Gasteiger charge is 2.41. The van der Waals surface area contributed by atoms with Crippen molar-refractivity contribution in [1.29, 1.82) is 0 Å². The first kappa shape index (κ1) is 15.6. The van der Waals surface area contributed by atoms with Crippen LogP contribution in [0, 0.1) is 11.8 Å². The molecule has 0 aromatic carbocycles. The lowest BCUT2D eigenvalue weighted by Gasteiger charge is -2.33. The van der Waals surface area contributed by atoms with Crippen LogP contribution in [0.25, 0.3) is 0 Å². The second-order valence-electron chi connectivity index (χ2n) is 6.39. The van der Waals surface area contributed by atoms with Crippen molar-refractivity contribution in [2.75, 3.05) is 19.8 Å². The van der Waals surface area contributed by atoms with Gasteiger partial charge in [-0.25, -0.2) is 0 Å². The summed E-state index contributed by atoms with van der Waals surface area (Å²) >= 11 is 0. The van der Waals surface area contributed by atoms with E-state index in [0.717, 1.165) is 43.7 Å². The Morgan fingerprint density at radius 3 is 2.89 bits per heavy atom. The van der Waals surface area contributed by atoms with E-state index in [-0.39, 0.29) is 12.4 Å². The van der Waals surface area contributed by atoms with E-state index >= 15 is 0 Å². The zero-order valence-corrected chi connectivity index (χ0v) is 12.9. The maximum absolute atomic E-state index is 5.63. The minimum absolute atomic E-state index is 0. The third-order valence-electron chi connectivity index (χ3n) is 5.05. The van der Waals surface area contributed by atoms with Gasteiger partial charge in [-0.3, -0.25) is 0 Å². The normalized spacial score (nSPS) is 41.8. The van der Waals surface area contributed by atoms with Gasteiger partial charge in [-0.15, -0.1) is 12.4 Å². The Hall–Kier alpha value is 0.170. The van der Waals surface area contributed by atoms with E-state index in [2.05, 4.69) is 17.6 Å². The molecule has 1 aliphatic heterocycles. The molecule has 0 aromatic rings. The van der Waals surface area contributed by atoms with Crippen LogP contribution >= 0.6 is 12.4 Å². The van der Waals surface area contributed by atoms with Gasteiger partial charge in [-0.2, -0.15) is 0 Å². The second kappa shape index (κ2) is 7.26. The van der Waals surface area contributed by atoms with Gasteiger partial charge in [0.25, 0.3) is 0 Å². The van der Waals surface area contributed by atoms with Gasteiger partial charge in [0.15, 0.2) is 0 Å². The molecule has 3 rings (SSSR count). The molecule has 3 fully saturated rings. The molecule has 0 amide bonds. The number of ether oxygens (including phenoxy) is 1. The number of nitrogens with one attached hydrogen (secondary N) is 2. The summed E-state index contributed by atoms with van der Waals surface area (Å²) in [4.78, 5) is 0. The fraction of sp³-hybridized carbons (Fsp3) is 1.00. The highest BCUT2D eigenvalue weighted by atomic mass is 35.5. The highest BCUT2D eigenvalue weighted by Crippen LogP contribution is 2.38. The second-order valence-corrected chi connectivity index (χ2v) is 6.39. The third kappa shape index (κ3) is 3.84. The first-order chi connectivity index (χ1) is 8.88. The molecule has 0 aromatic heterocycles. The van der Waals surface area contributed by atoms with Crippen molar-refractivity contribution >= 4 is 12.4 Å². The minimum atomic E-state index is 0. The van der Waals surface area contributed by atoms with Gasteiger partial charge in [0.2, 0.25) is 0 Å². The zero-order valence-electron chi connectivity index (χ0n) is 12.1. The van der Waals surface area contributed by atoms with E-state index in [1.165, 1.54) is 38.5 Å². The van der Waals surface area contributed by atoms with Crippen molar-refractivity contribution in [2.45, 2.75) is 63.6 Å². The fourth-order valence-corrected chi connectivity index (χ4v) is 3.95. The molecule has 19 heavy (non-hydrogen) atoms. The Bertz CT molecular complexity index is 271. The highest BCUT2D eigenvalue weighted by molar-refractivity contribution is 5.85.